The van der Waals surface area contributed by atoms with E-state index in [0.717, 1.165) is 12.8 Å². The molecule has 0 aromatic heterocycles. The van der Waals surface area contributed by atoms with Gasteiger partial charge < -0.3 is 20.1 Å². The van der Waals surface area contributed by atoms with Gasteiger partial charge in [-0.25, -0.2) is 0 Å². The second-order valence-electron chi connectivity index (χ2n) is 5.07. The Balaban J connectivity index is 1.84. The summed E-state index contributed by atoms with van der Waals surface area (Å²) < 4.78 is 33.7. The van der Waals surface area contributed by atoms with Crippen LogP contribution < -0.4 is 20.1 Å². The van der Waals surface area contributed by atoms with Crippen LogP contribution in [0.5, 0.6) is 11.5 Å². The van der Waals surface area contributed by atoms with E-state index in [-0.39, 0.29) is 35.4 Å². The molecule has 0 heterocycles. The molecule has 23 heavy (non-hydrogen) atoms. The normalized spacial score (nSPS) is 13.6. The Hall–Kier alpha value is -2.38. The van der Waals surface area contributed by atoms with Gasteiger partial charge in [0.15, 0.2) is 11.5 Å². The lowest BCUT2D eigenvalue weighted by molar-refractivity contribution is -0.122. The van der Waals surface area contributed by atoms with E-state index in [0.29, 0.717) is 6.54 Å². The number of ether oxygens (including phenoxy) is 2. The summed E-state index contributed by atoms with van der Waals surface area (Å²) in [7, 11) is 1.29. The highest BCUT2D eigenvalue weighted by atomic mass is 19.3. The number of alkyl halides is 2. The van der Waals surface area contributed by atoms with Gasteiger partial charge in [-0.3, -0.25) is 9.59 Å². The van der Waals surface area contributed by atoms with Crippen molar-refractivity contribution in [1.29, 1.82) is 0 Å². The Kier molecular flexibility index (Phi) is 5.72. The molecule has 1 aromatic carbocycles. The zero-order valence-electron chi connectivity index (χ0n) is 12.6. The fourth-order valence-corrected chi connectivity index (χ4v) is 1.96. The number of carbonyl (C=O) groups is 2. The number of halogens is 2. The minimum atomic E-state index is -2.97. The molecule has 0 spiro atoms. The van der Waals surface area contributed by atoms with Crippen molar-refractivity contribution in [2.24, 2.45) is 5.92 Å². The van der Waals surface area contributed by atoms with Crippen molar-refractivity contribution < 1.29 is 27.8 Å². The third-order valence-electron chi connectivity index (χ3n) is 3.30. The predicted octanol–water partition coefficient (Wildman–Crippen LogP) is 1.55. The van der Waals surface area contributed by atoms with Crippen LogP contribution in [0.3, 0.4) is 0 Å². The summed E-state index contributed by atoms with van der Waals surface area (Å²) in [6.45, 7) is -2.36. The van der Waals surface area contributed by atoms with Crippen LogP contribution in [0.25, 0.3) is 0 Å². The van der Waals surface area contributed by atoms with Crippen molar-refractivity contribution >= 4 is 11.8 Å². The Morgan fingerprint density at radius 3 is 2.52 bits per heavy atom. The average molecular weight is 328 g/mol. The van der Waals surface area contributed by atoms with Gasteiger partial charge in [0.1, 0.15) is 0 Å². The van der Waals surface area contributed by atoms with E-state index >= 15 is 0 Å². The van der Waals surface area contributed by atoms with Crippen LogP contribution in [0.4, 0.5) is 8.78 Å². The van der Waals surface area contributed by atoms with E-state index in [9.17, 15) is 18.4 Å². The lowest BCUT2D eigenvalue weighted by Crippen LogP contribution is -2.35. The molecule has 0 atom stereocenters. The zero-order chi connectivity index (χ0) is 16.8. The van der Waals surface area contributed by atoms with Crippen LogP contribution in [-0.2, 0) is 4.79 Å². The Bertz CT molecular complexity index is 577. The van der Waals surface area contributed by atoms with Crippen LogP contribution in [0.1, 0.15) is 23.2 Å². The van der Waals surface area contributed by atoms with Crippen LogP contribution in [-0.4, -0.2) is 38.6 Å². The van der Waals surface area contributed by atoms with Gasteiger partial charge >= 0.3 is 6.61 Å². The number of amides is 2. The highest BCUT2D eigenvalue weighted by Gasteiger charge is 2.29. The van der Waals surface area contributed by atoms with E-state index in [1.54, 1.807) is 0 Å². The second-order valence-corrected chi connectivity index (χ2v) is 5.07. The fraction of sp³-hybridized carbons (Fsp3) is 0.467. The molecule has 2 amide bonds. The summed E-state index contributed by atoms with van der Waals surface area (Å²) in [5, 5.41) is 5.35. The molecule has 1 saturated carbocycles. The minimum Gasteiger partial charge on any atom is -0.493 e. The first-order valence-electron chi connectivity index (χ1n) is 7.20. The van der Waals surface area contributed by atoms with Gasteiger partial charge in [0.2, 0.25) is 5.91 Å². The Labute approximate surface area is 132 Å². The predicted molar refractivity (Wildman–Crippen MR) is 77.7 cm³/mol. The zero-order valence-corrected chi connectivity index (χ0v) is 12.6. The molecule has 1 fully saturated rings. The topological polar surface area (TPSA) is 76.7 Å². The molecule has 1 aromatic rings. The van der Waals surface area contributed by atoms with Crippen molar-refractivity contribution in [3.63, 3.8) is 0 Å². The van der Waals surface area contributed by atoms with Crippen LogP contribution >= 0.6 is 0 Å². The van der Waals surface area contributed by atoms with Crippen molar-refractivity contribution in [3.8, 4) is 11.5 Å². The number of methoxy groups -OCH3 is 1. The van der Waals surface area contributed by atoms with Crippen molar-refractivity contribution in [2.75, 3.05) is 20.2 Å². The van der Waals surface area contributed by atoms with E-state index in [4.69, 9.17) is 4.74 Å². The molecular formula is C15H18F2N2O4. The maximum atomic E-state index is 12.2. The summed E-state index contributed by atoms with van der Waals surface area (Å²) >= 11 is 0. The molecule has 6 nitrogen and oxygen atoms in total. The van der Waals surface area contributed by atoms with Crippen LogP contribution in [0, 0.1) is 5.92 Å². The SMILES string of the molecule is COc1cc(C(=O)NCCNC(=O)C2CC2)ccc1OC(F)F. The van der Waals surface area contributed by atoms with Gasteiger partial charge in [-0.1, -0.05) is 0 Å². The number of hydrogen-bond acceptors (Lipinski definition) is 4. The molecule has 1 aliphatic carbocycles. The molecule has 0 saturated heterocycles. The fourth-order valence-electron chi connectivity index (χ4n) is 1.96. The quantitative estimate of drug-likeness (QED) is 0.710. The lowest BCUT2D eigenvalue weighted by atomic mass is 10.2. The van der Waals surface area contributed by atoms with Gasteiger partial charge in [-0.2, -0.15) is 8.78 Å². The molecule has 2 rings (SSSR count). The number of hydrogen-bond donors (Lipinski definition) is 2. The third kappa shape index (κ3) is 5.08. The maximum absolute atomic E-state index is 12.2. The van der Waals surface area contributed by atoms with E-state index in [1.807, 2.05) is 0 Å². The number of nitrogens with one attached hydrogen (secondary N) is 2. The van der Waals surface area contributed by atoms with Gasteiger partial charge in [-0.15, -0.1) is 0 Å². The molecule has 2 N–H and O–H groups in total. The minimum absolute atomic E-state index is 0.00872. The van der Waals surface area contributed by atoms with Gasteiger partial charge in [-0.05, 0) is 31.0 Å². The first kappa shape index (κ1) is 17.0. The number of benzene rings is 1. The van der Waals surface area contributed by atoms with E-state index in [1.165, 1.54) is 25.3 Å². The molecule has 1 aliphatic rings. The van der Waals surface area contributed by atoms with Crippen molar-refractivity contribution in [3.05, 3.63) is 23.8 Å². The largest absolute Gasteiger partial charge is 0.493 e. The molecule has 0 aliphatic heterocycles. The molecule has 0 radical (unpaired) electrons. The number of carbonyl (C=O) groups excluding carboxylic acids is 2. The summed E-state index contributed by atoms with van der Waals surface area (Å²) in [5.74, 6) is -0.366. The molecular weight excluding hydrogens is 310 g/mol. The first-order valence-corrected chi connectivity index (χ1v) is 7.20. The van der Waals surface area contributed by atoms with Gasteiger partial charge in [0, 0.05) is 24.6 Å². The molecule has 126 valence electrons. The van der Waals surface area contributed by atoms with Crippen LogP contribution in [0.15, 0.2) is 18.2 Å². The molecule has 0 bridgehead atoms. The van der Waals surface area contributed by atoms with Gasteiger partial charge in [0.25, 0.3) is 5.91 Å². The Morgan fingerprint density at radius 1 is 1.22 bits per heavy atom. The second kappa shape index (κ2) is 7.75. The van der Waals surface area contributed by atoms with Crippen molar-refractivity contribution in [1.82, 2.24) is 10.6 Å². The van der Waals surface area contributed by atoms with Gasteiger partial charge in [0.05, 0.1) is 7.11 Å². The van der Waals surface area contributed by atoms with E-state index in [2.05, 4.69) is 15.4 Å². The summed E-state index contributed by atoms with van der Waals surface area (Å²) in [6.07, 6.45) is 1.84. The molecule has 8 heteroatoms. The lowest BCUT2D eigenvalue weighted by Gasteiger charge is -2.11. The van der Waals surface area contributed by atoms with Crippen LogP contribution in [0.2, 0.25) is 0 Å². The van der Waals surface area contributed by atoms with Crippen molar-refractivity contribution in [2.45, 2.75) is 19.5 Å². The summed E-state index contributed by atoms with van der Waals surface area (Å²) in [4.78, 5) is 23.4. The highest BCUT2D eigenvalue weighted by molar-refractivity contribution is 5.94. The monoisotopic (exact) mass is 328 g/mol. The number of rotatable bonds is 8. The summed E-state index contributed by atoms with van der Waals surface area (Å²) in [6, 6.07) is 3.92. The Morgan fingerprint density at radius 2 is 1.91 bits per heavy atom. The first-order chi connectivity index (χ1) is 11.0. The maximum Gasteiger partial charge on any atom is 0.387 e. The average Bonchev–Trinajstić information content (AvgIpc) is 3.35. The third-order valence-corrected chi connectivity index (χ3v) is 3.30. The molecule has 0 unspecified atom stereocenters. The standard InChI is InChI=1S/C15H18F2N2O4/c1-22-12-8-10(4-5-11(12)23-15(16)17)14(21)19-7-6-18-13(20)9-2-3-9/h4-5,8-9,15H,2-3,6-7H2,1H3,(H,18,20)(H,19,21). The summed E-state index contributed by atoms with van der Waals surface area (Å²) in [5.41, 5.74) is 0.247. The highest BCUT2D eigenvalue weighted by Crippen LogP contribution is 2.29. The van der Waals surface area contributed by atoms with E-state index < -0.39 is 12.5 Å². The smallest absolute Gasteiger partial charge is 0.387 e.